The van der Waals surface area contributed by atoms with Crippen molar-refractivity contribution < 1.29 is 9.13 Å². The van der Waals surface area contributed by atoms with Crippen molar-refractivity contribution in [2.24, 2.45) is 0 Å². The van der Waals surface area contributed by atoms with Gasteiger partial charge in [0, 0.05) is 30.4 Å². The first-order chi connectivity index (χ1) is 9.02. The number of ether oxygens (including phenoxy) is 1. The standard InChI is InChI=1S/C15H23FN2O/c1-10-8-18(9-11(2)19-10)14-7-5-6-13(16)15(14)12(3)17-4/h5-7,10-12,17H,8-9H2,1-4H3. The number of nitrogens with zero attached hydrogens (tertiary/aromatic N) is 1. The molecule has 4 heteroatoms. The van der Waals surface area contributed by atoms with Crippen LogP contribution < -0.4 is 10.2 Å². The van der Waals surface area contributed by atoms with Crippen LogP contribution in [-0.2, 0) is 4.74 Å². The molecule has 19 heavy (non-hydrogen) atoms. The first-order valence-electron chi connectivity index (χ1n) is 6.89. The SMILES string of the molecule is CNC(C)c1c(F)cccc1N1CC(C)OC(C)C1. The summed E-state index contributed by atoms with van der Waals surface area (Å²) < 4.78 is 19.9. The van der Waals surface area contributed by atoms with E-state index in [1.54, 1.807) is 6.07 Å². The third-order valence-electron chi connectivity index (χ3n) is 3.66. The molecule has 0 aliphatic carbocycles. The quantitative estimate of drug-likeness (QED) is 0.910. The van der Waals surface area contributed by atoms with Crippen molar-refractivity contribution in [3.63, 3.8) is 0 Å². The molecular weight excluding hydrogens is 243 g/mol. The lowest BCUT2D eigenvalue weighted by Gasteiger charge is -2.38. The van der Waals surface area contributed by atoms with E-state index in [2.05, 4.69) is 24.1 Å². The summed E-state index contributed by atoms with van der Waals surface area (Å²) in [6.07, 6.45) is 0.342. The molecule has 1 saturated heterocycles. The van der Waals surface area contributed by atoms with Gasteiger partial charge in [-0.3, -0.25) is 0 Å². The molecule has 0 radical (unpaired) electrons. The molecule has 1 N–H and O–H groups in total. The molecule has 1 heterocycles. The summed E-state index contributed by atoms with van der Waals surface area (Å²) in [6.45, 7) is 7.70. The highest BCUT2D eigenvalue weighted by Gasteiger charge is 2.26. The number of hydrogen-bond acceptors (Lipinski definition) is 3. The summed E-state index contributed by atoms with van der Waals surface area (Å²) in [5, 5.41) is 3.13. The van der Waals surface area contributed by atoms with Crippen molar-refractivity contribution in [3.05, 3.63) is 29.6 Å². The molecule has 3 nitrogen and oxygen atoms in total. The van der Waals surface area contributed by atoms with Gasteiger partial charge >= 0.3 is 0 Å². The Morgan fingerprint density at radius 1 is 1.32 bits per heavy atom. The van der Waals surface area contributed by atoms with Gasteiger partial charge in [-0.25, -0.2) is 4.39 Å². The third-order valence-corrected chi connectivity index (χ3v) is 3.66. The highest BCUT2D eigenvalue weighted by atomic mass is 19.1. The molecule has 0 saturated carbocycles. The average molecular weight is 266 g/mol. The number of halogens is 1. The summed E-state index contributed by atoms with van der Waals surface area (Å²) in [7, 11) is 1.85. The lowest BCUT2D eigenvalue weighted by Crippen LogP contribution is -2.46. The van der Waals surface area contributed by atoms with E-state index in [1.807, 2.05) is 20.0 Å². The predicted molar refractivity (Wildman–Crippen MR) is 76.1 cm³/mol. The van der Waals surface area contributed by atoms with Gasteiger partial charge in [-0.2, -0.15) is 0 Å². The summed E-state index contributed by atoms with van der Waals surface area (Å²) >= 11 is 0. The Labute approximate surface area is 114 Å². The molecule has 1 aliphatic rings. The van der Waals surface area contributed by atoms with Crippen LogP contribution in [0.5, 0.6) is 0 Å². The molecule has 2 rings (SSSR count). The van der Waals surface area contributed by atoms with Crippen LogP contribution in [0.3, 0.4) is 0 Å². The van der Waals surface area contributed by atoms with Crippen LogP contribution in [0.15, 0.2) is 18.2 Å². The highest BCUT2D eigenvalue weighted by Crippen LogP contribution is 2.30. The molecule has 1 fully saturated rings. The molecule has 0 bridgehead atoms. The van der Waals surface area contributed by atoms with Crippen molar-refractivity contribution in [2.75, 3.05) is 25.0 Å². The number of benzene rings is 1. The van der Waals surface area contributed by atoms with Gasteiger partial charge in [0.25, 0.3) is 0 Å². The zero-order valence-electron chi connectivity index (χ0n) is 12.1. The zero-order valence-corrected chi connectivity index (χ0v) is 12.1. The fourth-order valence-electron chi connectivity index (χ4n) is 2.75. The van der Waals surface area contributed by atoms with Gasteiger partial charge in [0.15, 0.2) is 0 Å². The van der Waals surface area contributed by atoms with Crippen LogP contribution in [0.1, 0.15) is 32.4 Å². The van der Waals surface area contributed by atoms with Gasteiger partial charge in [0.1, 0.15) is 5.82 Å². The van der Waals surface area contributed by atoms with E-state index in [9.17, 15) is 4.39 Å². The molecule has 3 atom stereocenters. The topological polar surface area (TPSA) is 24.5 Å². The number of hydrogen-bond donors (Lipinski definition) is 1. The Balaban J connectivity index is 2.36. The maximum atomic E-state index is 14.1. The average Bonchev–Trinajstić information content (AvgIpc) is 2.36. The van der Waals surface area contributed by atoms with E-state index in [-0.39, 0.29) is 24.1 Å². The van der Waals surface area contributed by atoms with Crippen LogP contribution in [-0.4, -0.2) is 32.3 Å². The molecular formula is C15H23FN2O. The molecule has 0 amide bonds. The van der Waals surface area contributed by atoms with Gasteiger partial charge < -0.3 is 15.0 Å². The van der Waals surface area contributed by atoms with Crippen LogP contribution in [0.25, 0.3) is 0 Å². The van der Waals surface area contributed by atoms with E-state index in [0.717, 1.165) is 24.3 Å². The normalized spacial score (nSPS) is 25.4. The third kappa shape index (κ3) is 3.07. The number of anilines is 1. The first kappa shape index (κ1) is 14.3. The van der Waals surface area contributed by atoms with E-state index in [0.29, 0.717) is 0 Å². The molecule has 0 spiro atoms. The maximum absolute atomic E-state index is 14.1. The minimum Gasteiger partial charge on any atom is -0.372 e. The van der Waals surface area contributed by atoms with Crippen molar-refractivity contribution >= 4 is 5.69 Å². The van der Waals surface area contributed by atoms with Crippen LogP contribution in [0.4, 0.5) is 10.1 Å². The van der Waals surface area contributed by atoms with Crippen molar-refractivity contribution in [2.45, 2.75) is 39.0 Å². The molecule has 106 valence electrons. The van der Waals surface area contributed by atoms with Crippen LogP contribution in [0, 0.1) is 5.82 Å². The summed E-state index contributed by atoms with van der Waals surface area (Å²) in [4.78, 5) is 2.23. The van der Waals surface area contributed by atoms with Crippen molar-refractivity contribution in [1.82, 2.24) is 5.32 Å². The second kappa shape index (κ2) is 5.88. The van der Waals surface area contributed by atoms with Gasteiger partial charge in [0.2, 0.25) is 0 Å². The lowest BCUT2D eigenvalue weighted by molar-refractivity contribution is -0.00530. The van der Waals surface area contributed by atoms with E-state index < -0.39 is 0 Å². The minimum absolute atomic E-state index is 0.00958. The van der Waals surface area contributed by atoms with Gasteiger partial charge in [-0.05, 0) is 40.0 Å². The smallest absolute Gasteiger partial charge is 0.130 e. The Hall–Kier alpha value is -1.13. The van der Waals surface area contributed by atoms with Crippen LogP contribution in [0.2, 0.25) is 0 Å². The second-order valence-corrected chi connectivity index (χ2v) is 5.35. The fraction of sp³-hybridized carbons (Fsp3) is 0.600. The zero-order chi connectivity index (χ0) is 14.0. The highest BCUT2D eigenvalue weighted by molar-refractivity contribution is 5.56. The minimum atomic E-state index is -0.147. The summed E-state index contributed by atoms with van der Waals surface area (Å²) in [6, 6.07) is 5.29. The molecule has 1 aromatic carbocycles. The Bertz CT molecular complexity index is 428. The van der Waals surface area contributed by atoms with Gasteiger partial charge in [0.05, 0.1) is 12.2 Å². The molecule has 0 aromatic heterocycles. The van der Waals surface area contributed by atoms with Crippen LogP contribution >= 0.6 is 0 Å². The van der Waals surface area contributed by atoms with Gasteiger partial charge in [-0.15, -0.1) is 0 Å². The number of rotatable bonds is 3. The maximum Gasteiger partial charge on any atom is 0.130 e. The lowest BCUT2D eigenvalue weighted by atomic mass is 10.0. The Morgan fingerprint density at radius 2 is 1.95 bits per heavy atom. The molecule has 1 aromatic rings. The van der Waals surface area contributed by atoms with E-state index >= 15 is 0 Å². The largest absolute Gasteiger partial charge is 0.372 e. The monoisotopic (exact) mass is 266 g/mol. The predicted octanol–water partition coefficient (Wildman–Crippen LogP) is 2.72. The first-order valence-corrected chi connectivity index (χ1v) is 6.89. The number of morpholine rings is 1. The summed E-state index contributed by atoms with van der Waals surface area (Å²) in [5.74, 6) is -0.147. The van der Waals surface area contributed by atoms with Crippen molar-refractivity contribution in [3.8, 4) is 0 Å². The second-order valence-electron chi connectivity index (χ2n) is 5.35. The van der Waals surface area contributed by atoms with Gasteiger partial charge in [-0.1, -0.05) is 6.07 Å². The molecule has 1 aliphatic heterocycles. The molecule has 3 unspecified atom stereocenters. The Morgan fingerprint density at radius 3 is 2.53 bits per heavy atom. The van der Waals surface area contributed by atoms with E-state index in [4.69, 9.17) is 4.74 Å². The Kier molecular flexibility index (Phi) is 4.42. The van der Waals surface area contributed by atoms with E-state index in [1.165, 1.54) is 6.07 Å². The van der Waals surface area contributed by atoms with Crippen molar-refractivity contribution in [1.29, 1.82) is 0 Å². The fourth-order valence-corrected chi connectivity index (χ4v) is 2.75. The summed E-state index contributed by atoms with van der Waals surface area (Å²) in [5.41, 5.74) is 1.72. The number of nitrogens with one attached hydrogen (secondary N) is 1.